The van der Waals surface area contributed by atoms with Crippen molar-refractivity contribution in [1.29, 1.82) is 0 Å². The Bertz CT molecular complexity index is 648. The summed E-state index contributed by atoms with van der Waals surface area (Å²) in [5.74, 6) is 2.37. The first-order chi connectivity index (χ1) is 11.6. The van der Waals surface area contributed by atoms with Crippen molar-refractivity contribution < 1.29 is 9.47 Å². The molecule has 2 aromatic rings. The van der Waals surface area contributed by atoms with Crippen molar-refractivity contribution in [3.63, 3.8) is 0 Å². The average Bonchev–Trinajstić information content (AvgIpc) is 2.93. The van der Waals surface area contributed by atoms with Crippen LogP contribution in [0.4, 0.5) is 0 Å². The van der Waals surface area contributed by atoms with Crippen LogP contribution in [0.5, 0.6) is 11.5 Å². The van der Waals surface area contributed by atoms with E-state index < -0.39 is 0 Å². The number of rotatable bonds is 7. The van der Waals surface area contributed by atoms with Crippen molar-refractivity contribution in [2.45, 2.75) is 20.4 Å². The van der Waals surface area contributed by atoms with Crippen molar-refractivity contribution in [2.24, 2.45) is 4.99 Å². The lowest BCUT2D eigenvalue weighted by molar-refractivity contribution is 0.321. The number of ether oxygens (including phenoxy) is 2. The first kappa shape index (κ1) is 18.1. The number of nitrogens with zero attached hydrogens (tertiary/aromatic N) is 2. The summed E-state index contributed by atoms with van der Waals surface area (Å²) in [7, 11) is 3.39. The average molecular weight is 348 g/mol. The second-order valence-electron chi connectivity index (χ2n) is 5.13. The Morgan fingerprint density at radius 2 is 1.88 bits per heavy atom. The van der Waals surface area contributed by atoms with Crippen LogP contribution >= 0.6 is 11.3 Å². The van der Waals surface area contributed by atoms with Crippen LogP contribution in [-0.2, 0) is 6.54 Å². The van der Waals surface area contributed by atoms with Gasteiger partial charge in [-0.15, -0.1) is 11.3 Å². The molecule has 0 atom stereocenters. The molecule has 6 nitrogen and oxygen atoms in total. The Labute approximate surface area is 146 Å². The zero-order chi connectivity index (χ0) is 17.4. The van der Waals surface area contributed by atoms with Crippen molar-refractivity contribution in [3.8, 4) is 11.5 Å². The number of aliphatic imine (C=N–C) groups is 1. The fourth-order valence-corrected chi connectivity index (χ4v) is 2.88. The Kier molecular flexibility index (Phi) is 6.87. The molecule has 0 unspecified atom stereocenters. The molecule has 0 saturated carbocycles. The molecule has 0 radical (unpaired) electrons. The maximum absolute atomic E-state index is 5.67. The van der Waals surface area contributed by atoms with Crippen LogP contribution in [0.3, 0.4) is 0 Å². The summed E-state index contributed by atoms with van der Waals surface area (Å²) >= 11 is 1.70. The summed E-state index contributed by atoms with van der Waals surface area (Å²) in [6.45, 7) is 5.97. The number of methoxy groups -OCH3 is 1. The van der Waals surface area contributed by atoms with Gasteiger partial charge < -0.3 is 20.1 Å². The van der Waals surface area contributed by atoms with E-state index in [4.69, 9.17) is 9.47 Å². The van der Waals surface area contributed by atoms with Gasteiger partial charge in [-0.05, 0) is 38.1 Å². The Hall–Kier alpha value is -2.28. The number of aromatic nitrogens is 1. The molecule has 0 amide bonds. The molecule has 0 spiro atoms. The summed E-state index contributed by atoms with van der Waals surface area (Å²) in [5, 5.41) is 7.53. The highest BCUT2D eigenvalue weighted by atomic mass is 32.1. The minimum absolute atomic E-state index is 0.544. The van der Waals surface area contributed by atoms with E-state index in [1.165, 1.54) is 4.88 Å². The number of nitrogens with one attached hydrogen (secondary N) is 2. The van der Waals surface area contributed by atoms with E-state index in [0.717, 1.165) is 28.2 Å². The van der Waals surface area contributed by atoms with E-state index in [2.05, 4.69) is 27.5 Å². The fraction of sp³-hybridized carbons (Fsp3) is 0.412. The van der Waals surface area contributed by atoms with Gasteiger partial charge in [0.25, 0.3) is 0 Å². The molecule has 24 heavy (non-hydrogen) atoms. The summed E-state index contributed by atoms with van der Waals surface area (Å²) in [5.41, 5.74) is 1.09. The second kappa shape index (κ2) is 9.12. The molecule has 0 aliphatic carbocycles. The zero-order valence-corrected chi connectivity index (χ0v) is 15.4. The minimum atomic E-state index is 0.544. The highest BCUT2D eigenvalue weighted by Crippen LogP contribution is 2.17. The predicted octanol–water partition coefficient (Wildman–Crippen LogP) is 2.51. The van der Waals surface area contributed by atoms with E-state index in [-0.39, 0.29) is 0 Å². The zero-order valence-electron chi connectivity index (χ0n) is 14.5. The lowest BCUT2D eigenvalue weighted by Crippen LogP contribution is -2.38. The third-order valence-corrected chi connectivity index (χ3v) is 4.50. The van der Waals surface area contributed by atoms with E-state index >= 15 is 0 Å². The maximum Gasteiger partial charge on any atom is 0.191 e. The number of thiazole rings is 1. The van der Waals surface area contributed by atoms with Crippen LogP contribution < -0.4 is 20.1 Å². The molecular formula is C17H24N4O2S. The molecule has 0 fully saturated rings. The fourth-order valence-electron chi connectivity index (χ4n) is 2.00. The third kappa shape index (κ3) is 5.42. The lowest BCUT2D eigenvalue weighted by atomic mass is 10.3. The van der Waals surface area contributed by atoms with Crippen LogP contribution in [0.1, 0.15) is 15.6 Å². The Morgan fingerprint density at radius 3 is 2.46 bits per heavy atom. The SMILES string of the molecule is CN=C(NCCOc1ccc(OC)cc1)NCc1nc(C)c(C)s1. The summed E-state index contributed by atoms with van der Waals surface area (Å²) in [6.07, 6.45) is 0. The molecule has 7 heteroatoms. The first-order valence-corrected chi connectivity index (χ1v) is 8.58. The molecule has 2 N–H and O–H groups in total. The first-order valence-electron chi connectivity index (χ1n) is 7.76. The van der Waals surface area contributed by atoms with Crippen LogP contribution in [0.15, 0.2) is 29.3 Å². The molecule has 0 bridgehead atoms. The van der Waals surface area contributed by atoms with E-state index in [9.17, 15) is 0 Å². The molecule has 0 aliphatic heterocycles. The number of hydrogen-bond acceptors (Lipinski definition) is 5. The van der Waals surface area contributed by atoms with E-state index in [1.54, 1.807) is 25.5 Å². The van der Waals surface area contributed by atoms with Gasteiger partial charge in [0.15, 0.2) is 5.96 Å². The van der Waals surface area contributed by atoms with Gasteiger partial charge in [0.05, 0.1) is 25.9 Å². The maximum atomic E-state index is 5.67. The van der Waals surface area contributed by atoms with Crippen molar-refractivity contribution in [2.75, 3.05) is 27.3 Å². The summed E-state index contributed by atoms with van der Waals surface area (Å²) < 4.78 is 10.8. The van der Waals surface area contributed by atoms with Gasteiger partial charge >= 0.3 is 0 Å². The number of benzene rings is 1. The summed E-state index contributed by atoms with van der Waals surface area (Å²) in [6, 6.07) is 7.53. The lowest BCUT2D eigenvalue weighted by Gasteiger charge is -2.12. The van der Waals surface area contributed by atoms with Crippen LogP contribution in [0.2, 0.25) is 0 Å². The largest absolute Gasteiger partial charge is 0.497 e. The van der Waals surface area contributed by atoms with Crippen molar-refractivity contribution in [1.82, 2.24) is 15.6 Å². The van der Waals surface area contributed by atoms with Crippen LogP contribution in [0, 0.1) is 13.8 Å². The van der Waals surface area contributed by atoms with Gasteiger partial charge in [-0.1, -0.05) is 0 Å². The minimum Gasteiger partial charge on any atom is -0.497 e. The number of aryl methyl sites for hydroxylation is 2. The van der Waals surface area contributed by atoms with Crippen LogP contribution in [0.25, 0.3) is 0 Å². The van der Waals surface area contributed by atoms with Gasteiger partial charge in [0.2, 0.25) is 0 Å². The number of guanidine groups is 1. The molecule has 0 aliphatic rings. The predicted molar refractivity (Wildman–Crippen MR) is 98.3 cm³/mol. The van der Waals surface area contributed by atoms with E-state index in [1.807, 2.05) is 31.2 Å². The van der Waals surface area contributed by atoms with Gasteiger partial charge in [0.1, 0.15) is 23.1 Å². The molecule has 1 aromatic heterocycles. The normalized spacial score (nSPS) is 11.2. The quantitative estimate of drug-likeness (QED) is 0.457. The monoisotopic (exact) mass is 348 g/mol. The van der Waals surface area contributed by atoms with Crippen molar-refractivity contribution in [3.05, 3.63) is 39.8 Å². The summed E-state index contributed by atoms with van der Waals surface area (Å²) in [4.78, 5) is 9.96. The van der Waals surface area contributed by atoms with Crippen molar-refractivity contribution >= 4 is 17.3 Å². The van der Waals surface area contributed by atoms with Gasteiger partial charge in [-0.3, -0.25) is 4.99 Å². The molecule has 2 rings (SSSR count). The Balaban J connectivity index is 1.69. The molecule has 0 saturated heterocycles. The topological polar surface area (TPSA) is 67.8 Å². The smallest absolute Gasteiger partial charge is 0.191 e. The third-order valence-electron chi connectivity index (χ3n) is 3.43. The number of hydrogen-bond donors (Lipinski definition) is 2. The van der Waals surface area contributed by atoms with Gasteiger partial charge in [-0.25, -0.2) is 4.98 Å². The highest BCUT2D eigenvalue weighted by Gasteiger charge is 2.04. The van der Waals surface area contributed by atoms with Gasteiger partial charge in [0, 0.05) is 11.9 Å². The standard InChI is InChI=1S/C17H24N4O2S/c1-12-13(2)24-16(21-12)11-20-17(18-3)19-9-10-23-15-7-5-14(22-4)6-8-15/h5-8H,9-11H2,1-4H3,(H2,18,19,20). The molecule has 1 heterocycles. The van der Waals surface area contributed by atoms with E-state index in [0.29, 0.717) is 19.7 Å². The molecular weight excluding hydrogens is 324 g/mol. The molecule has 1 aromatic carbocycles. The van der Waals surface area contributed by atoms with Crippen LogP contribution in [-0.4, -0.2) is 38.3 Å². The molecule has 130 valence electrons. The second-order valence-corrected chi connectivity index (χ2v) is 6.41. The Morgan fingerprint density at radius 1 is 1.17 bits per heavy atom. The highest BCUT2D eigenvalue weighted by molar-refractivity contribution is 7.11. The van der Waals surface area contributed by atoms with Gasteiger partial charge in [-0.2, -0.15) is 0 Å².